The van der Waals surface area contributed by atoms with E-state index in [2.05, 4.69) is 36.2 Å². The topological polar surface area (TPSA) is 24.8 Å². The Kier molecular flexibility index (Phi) is 5.51. The number of quaternary nitrogens is 1. The molecule has 2 fully saturated rings. The van der Waals surface area contributed by atoms with Crippen LogP contribution in [-0.2, 0) is 6.42 Å². The van der Waals surface area contributed by atoms with Crippen LogP contribution >= 0.6 is 11.6 Å². The van der Waals surface area contributed by atoms with Crippen molar-refractivity contribution in [3.8, 4) is 0 Å². The maximum atomic E-state index is 13.4. The highest BCUT2D eigenvalue weighted by Gasteiger charge is 2.44. The van der Waals surface area contributed by atoms with Crippen molar-refractivity contribution in [2.75, 3.05) is 13.6 Å². The van der Waals surface area contributed by atoms with E-state index in [0.29, 0.717) is 23.1 Å². The summed E-state index contributed by atoms with van der Waals surface area (Å²) in [7, 11) is 2.33. The van der Waals surface area contributed by atoms with Gasteiger partial charge in [-0.25, -0.2) is 0 Å². The van der Waals surface area contributed by atoms with Gasteiger partial charge in [0.1, 0.15) is 0 Å². The third-order valence-electron chi connectivity index (χ3n) is 6.54. The summed E-state index contributed by atoms with van der Waals surface area (Å²) in [6.07, 6.45) is 5.74. The van der Waals surface area contributed by atoms with Crippen LogP contribution in [0.5, 0.6) is 0 Å². The second-order valence-corrected chi connectivity index (χ2v) is 8.52. The molecule has 0 saturated carbocycles. The fourth-order valence-corrected chi connectivity index (χ4v) is 5.03. The van der Waals surface area contributed by atoms with Gasteiger partial charge < -0.3 is 9.80 Å². The van der Waals surface area contributed by atoms with Crippen molar-refractivity contribution in [3.05, 3.63) is 70.7 Å². The van der Waals surface area contributed by atoms with Crippen LogP contribution in [0.4, 0.5) is 0 Å². The zero-order chi connectivity index (χ0) is 18.8. The number of hydrogen-bond donors (Lipinski definition) is 1. The lowest BCUT2D eigenvalue weighted by atomic mass is 9.95. The Morgan fingerprint density at radius 1 is 1.04 bits per heavy atom. The Balaban J connectivity index is 1.55. The molecule has 3 nitrogen and oxygen atoms in total. The molecule has 142 valence electrons. The SMILES string of the molecule is C[NH+]1C2CCC1CC(N(CCc1ccccc1)C(=O)c1ccc(Cl)cc1)C2. The van der Waals surface area contributed by atoms with E-state index in [1.165, 1.54) is 18.4 Å². The molecule has 0 aromatic heterocycles. The summed E-state index contributed by atoms with van der Waals surface area (Å²) in [6, 6.07) is 19.6. The molecule has 27 heavy (non-hydrogen) atoms. The molecule has 2 atom stereocenters. The summed E-state index contributed by atoms with van der Waals surface area (Å²) in [5.41, 5.74) is 2.03. The van der Waals surface area contributed by atoms with E-state index < -0.39 is 0 Å². The van der Waals surface area contributed by atoms with Crippen LogP contribution in [0.2, 0.25) is 5.02 Å². The van der Waals surface area contributed by atoms with Gasteiger partial charge in [0.15, 0.2) is 0 Å². The second kappa shape index (κ2) is 8.04. The Morgan fingerprint density at radius 2 is 1.67 bits per heavy atom. The quantitative estimate of drug-likeness (QED) is 0.842. The number of hydrogen-bond acceptors (Lipinski definition) is 1. The molecule has 1 amide bonds. The Hall–Kier alpha value is -1.84. The molecular weight excluding hydrogens is 356 g/mol. The minimum atomic E-state index is 0.145. The lowest BCUT2D eigenvalue weighted by Gasteiger charge is -2.40. The highest BCUT2D eigenvalue weighted by Crippen LogP contribution is 2.27. The fraction of sp³-hybridized carbons (Fsp3) is 0.435. The van der Waals surface area contributed by atoms with E-state index in [1.807, 2.05) is 30.3 Å². The molecule has 2 bridgehead atoms. The first kappa shape index (κ1) is 18.5. The molecular formula is C23H28ClN2O+. The normalized spacial score (nSPS) is 26.7. The first-order valence-electron chi connectivity index (χ1n) is 10.1. The summed E-state index contributed by atoms with van der Waals surface area (Å²) >= 11 is 6.02. The van der Waals surface area contributed by atoms with Gasteiger partial charge in [-0.15, -0.1) is 0 Å². The minimum Gasteiger partial charge on any atom is -0.335 e. The number of piperidine rings is 1. The molecule has 2 heterocycles. The van der Waals surface area contributed by atoms with Crippen molar-refractivity contribution >= 4 is 17.5 Å². The number of nitrogens with zero attached hydrogens (tertiary/aromatic N) is 1. The third-order valence-corrected chi connectivity index (χ3v) is 6.79. The van der Waals surface area contributed by atoms with E-state index >= 15 is 0 Å². The Bertz CT molecular complexity index is 763. The first-order chi connectivity index (χ1) is 13.1. The molecule has 0 spiro atoms. The lowest BCUT2D eigenvalue weighted by Crippen LogP contribution is -3.15. The van der Waals surface area contributed by atoms with Gasteiger partial charge in [-0.1, -0.05) is 41.9 Å². The molecule has 2 unspecified atom stereocenters. The van der Waals surface area contributed by atoms with Crippen LogP contribution in [0.3, 0.4) is 0 Å². The molecule has 4 rings (SSSR count). The van der Waals surface area contributed by atoms with Gasteiger partial charge in [-0.3, -0.25) is 4.79 Å². The minimum absolute atomic E-state index is 0.145. The maximum Gasteiger partial charge on any atom is 0.254 e. The van der Waals surface area contributed by atoms with Gasteiger partial charge in [-0.05, 0) is 36.2 Å². The molecule has 2 aliphatic heterocycles. The summed E-state index contributed by atoms with van der Waals surface area (Å²) in [6.45, 7) is 0.772. The van der Waals surface area contributed by atoms with Crippen molar-refractivity contribution < 1.29 is 9.69 Å². The van der Waals surface area contributed by atoms with Crippen LogP contribution in [0.25, 0.3) is 0 Å². The van der Waals surface area contributed by atoms with Crippen LogP contribution in [0, 0.1) is 0 Å². The van der Waals surface area contributed by atoms with Crippen molar-refractivity contribution in [2.24, 2.45) is 0 Å². The number of carbonyl (C=O) groups is 1. The van der Waals surface area contributed by atoms with Gasteiger partial charge in [0, 0.05) is 48.9 Å². The van der Waals surface area contributed by atoms with Crippen molar-refractivity contribution in [1.29, 1.82) is 0 Å². The van der Waals surface area contributed by atoms with Gasteiger partial charge in [0.25, 0.3) is 5.91 Å². The van der Waals surface area contributed by atoms with Crippen LogP contribution in [0.15, 0.2) is 54.6 Å². The van der Waals surface area contributed by atoms with E-state index in [1.54, 1.807) is 4.90 Å². The monoisotopic (exact) mass is 383 g/mol. The first-order valence-corrected chi connectivity index (χ1v) is 10.4. The van der Waals surface area contributed by atoms with Gasteiger partial charge >= 0.3 is 0 Å². The molecule has 0 aliphatic carbocycles. The Labute approximate surface area is 166 Å². The average Bonchev–Trinajstić information content (AvgIpc) is 2.90. The van der Waals surface area contributed by atoms with Crippen LogP contribution in [0.1, 0.15) is 41.6 Å². The van der Waals surface area contributed by atoms with Gasteiger partial charge in [0.05, 0.1) is 19.1 Å². The zero-order valence-electron chi connectivity index (χ0n) is 15.9. The van der Waals surface area contributed by atoms with E-state index in [9.17, 15) is 4.79 Å². The van der Waals surface area contributed by atoms with E-state index in [4.69, 9.17) is 11.6 Å². The number of amides is 1. The zero-order valence-corrected chi connectivity index (χ0v) is 16.7. The summed E-state index contributed by atoms with van der Waals surface area (Å²) in [5, 5.41) is 0.670. The summed E-state index contributed by atoms with van der Waals surface area (Å²) in [4.78, 5) is 17.2. The number of carbonyl (C=O) groups excluding carboxylic acids is 1. The second-order valence-electron chi connectivity index (χ2n) is 8.08. The number of rotatable bonds is 5. The van der Waals surface area contributed by atoms with Gasteiger partial charge in [-0.2, -0.15) is 0 Å². The average molecular weight is 384 g/mol. The predicted molar refractivity (Wildman–Crippen MR) is 109 cm³/mol. The molecule has 2 saturated heterocycles. The fourth-order valence-electron chi connectivity index (χ4n) is 4.91. The van der Waals surface area contributed by atoms with Gasteiger partial charge in [0.2, 0.25) is 0 Å². The lowest BCUT2D eigenvalue weighted by molar-refractivity contribution is -0.922. The third kappa shape index (κ3) is 4.04. The molecule has 1 N–H and O–H groups in total. The van der Waals surface area contributed by atoms with Crippen molar-refractivity contribution in [2.45, 2.75) is 50.2 Å². The van der Waals surface area contributed by atoms with Crippen LogP contribution in [-0.4, -0.2) is 42.5 Å². The van der Waals surface area contributed by atoms with E-state index in [-0.39, 0.29) is 5.91 Å². The summed E-state index contributed by atoms with van der Waals surface area (Å²) < 4.78 is 0. The van der Waals surface area contributed by atoms with Crippen LogP contribution < -0.4 is 4.90 Å². The smallest absolute Gasteiger partial charge is 0.254 e. The summed E-state index contributed by atoms with van der Waals surface area (Å²) in [5.74, 6) is 0.145. The largest absolute Gasteiger partial charge is 0.335 e. The standard InChI is InChI=1S/C23H27ClN2O/c1-25-20-11-12-21(25)16-22(15-20)26(14-13-17-5-3-2-4-6-17)23(27)18-7-9-19(24)10-8-18/h2-10,20-22H,11-16H2,1H3/p+1. The van der Waals surface area contributed by atoms with Crippen molar-refractivity contribution in [3.63, 3.8) is 0 Å². The predicted octanol–water partition coefficient (Wildman–Crippen LogP) is 3.23. The highest BCUT2D eigenvalue weighted by molar-refractivity contribution is 6.30. The molecule has 4 heteroatoms. The number of benzene rings is 2. The molecule has 2 aliphatic rings. The molecule has 0 radical (unpaired) electrons. The van der Waals surface area contributed by atoms with E-state index in [0.717, 1.165) is 31.4 Å². The number of halogens is 1. The number of nitrogens with one attached hydrogen (secondary N) is 1. The van der Waals surface area contributed by atoms with Crippen molar-refractivity contribution in [1.82, 2.24) is 4.90 Å². The highest BCUT2D eigenvalue weighted by atomic mass is 35.5. The molecule has 2 aromatic carbocycles. The Morgan fingerprint density at radius 3 is 2.30 bits per heavy atom. The maximum absolute atomic E-state index is 13.4. The number of fused-ring (bicyclic) bond motifs is 2. The molecule has 2 aromatic rings.